The SMILES string of the molecule is CN(C)C1=CCC(/C=C/C=C2C(=O)N(C)C(=S)N(C)C2=O)C=C1. The molecular weight excluding hydrogens is 310 g/mol. The predicted octanol–water partition coefficient (Wildman–Crippen LogP) is 1.71. The molecule has 2 amide bonds. The third-order valence-electron chi connectivity index (χ3n) is 3.89. The highest BCUT2D eigenvalue weighted by molar-refractivity contribution is 7.80. The van der Waals surface area contributed by atoms with Gasteiger partial charge >= 0.3 is 0 Å². The maximum absolute atomic E-state index is 12.2. The highest BCUT2D eigenvalue weighted by atomic mass is 32.1. The normalized spacial score (nSPS) is 22.1. The molecule has 0 aromatic carbocycles. The van der Waals surface area contributed by atoms with Gasteiger partial charge in [-0.2, -0.15) is 0 Å². The van der Waals surface area contributed by atoms with Crippen molar-refractivity contribution >= 4 is 29.1 Å². The molecule has 1 fully saturated rings. The Bertz CT molecular complexity index is 633. The fraction of sp³-hybridized carbons (Fsp3) is 0.353. The van der Waals surface area contributed by atoms with Crippen molar-refractivity contribution in [3.63, 3.8) is 0 Å². The Morgan fingerprint density at radius 1 is 1.22 bits per heavy atom. The van der Waals surface area contributed by atoms with E-state index in [2.05, 4.69) is 23.1 Å². The summed E-state index contributed by atoms with van der Waals surface area (Å²) in [4.78, 5) is 29.0. The fourth-order valence-corrected chi connectivity index (χ4v) is 2.55. The van der Waals surface area contributed by atoms with Crippen LogP contribution in [0.15, 0.2) is 47.7 Å². The number of allylic oxidation sites excluding steroid dienone is 6. The highest BCUT2D eigenvalue weighted by Gasteiger charge is 2.34. The number of hydrogen-bond donors (Lipinski definition) is 0. The molecule has 122 valence electrons. The molecule has 1 atom stereocenters. The van der Waals surface area contributed by atoms with Gasteiger partial charge in [-0.1, -0.05) is 24.3 Å². The highest BCUT2D eigenvalue weighted by Crippen LogP contribution is 2.19. The lowest BCUT2D eigenvalue weighted by Crippen LogP contribution is -2.52. The van der Waals surface area contributed by atoms with Gasteiger partial charge in [-0.15, -0.1) is 0 Å². The van der Waals surface area contributed by atoms with Crippen molar-refractivity contribution in [2.75, 3.05) is 28.2 Å². The minimum Gasteiger partial charge on any atom is -0.378 e. The summed E-state index contributed by atoms with van der Waals surface area (Å²) in [5.41, 5.74) is 1.31. The van der Waals surface area contributed by atoms with Gasteiger partial charge < -0.3 is 4.90 Å². The van der Waals surface area contributed by atoms with Gasteiger partial charge in [0.25, 0.3) is 11.8 Å². The van der Waals surface area contributed by atoms with Crippen LogP contribution in [0.4, 0.5) is 0 Å². The van der Waals surface area contributed by atoms with Gasteiger partial charge in [-0.3, -0.25) is 19.4 Å². The van der Waals surface area contributed by atoms with Crippen molar-refractivity contribution < 1.29 is 9.59 Å². The maximum Gasteiger partial charge on any atom is 0.265 e. The standard InChI is InChI=1S/C17H21N3O2S/c1-18(2)13-10-8-12(9-11-13)6-5-7-14-15(21)19(3)17(23)20(4)16(14)22/h5-8,10-12H,9H2,1-4H3/b6-5+. The van der Waals surface area contributed by atoms with Crippen LogP contribution >= 0.6 is 12.2 Å². The summed E-state index contributed by atoms with van der Waals surface area (Å²) in [6, 6.07) is 0. The average molecular weight is 331 g/mol. The molecule has 1 heterocycles. The van der Waals surface area contributed by atoms with Crippen LogP contribution in [0.3, 0.4) is 0 Å². The first-order chi connectivity index (χ1) is 10.8. The Balaban J connectivity index is 2.08. The van der Waals surface area contributed by atoms with E-state index in [1.54, 1.807) is 26.2 Å². The Morgan fingerprint density at radius 3 is 2.30 bits per heavy atom. The average Bonchev–Trinajstić information content (AvgIpc) is 2.54. The second-order valence-electron chi connectivity index (χ2n) is 5.76. The van der Waals surface area contributed by atoms with Gasteiger partial charge in [0.05, 0.1) is 0 Å². The van der Waals surface area contributed by atoms with Crippen molar-refractivity contribution in [2.24, 2.45) is 5.92 Å². The van der Waals surface area contributed by atoms with E-state index >= 15 is 0 Å². The number of rotatable bonds is 3. The Kier molecular flexibility index (Phi) is 5.15. The van der Waals surface area contributed by atoms with Gasteiger partial charge in [-0.05, 0) is 36.7 Å². The van der Waals surface area contributed by atoms with E-state index < -0.39 is 0 Å². The summed E-state index contributed by atoms with van der Waals surface area (Å²) in [7, 11) is 7.16. The number of amides is 2. The molecule has 1 aliphatic heterocycles. The zero-order valence-corrected chi connectivity index (χ0v) is 14.6. The van der Waals surface area contributed by atoms with E-state index in [0.717, 1.165) is 6.42 Å². The molecule has 6 heteroatoms. The molecule has 1 aliphatic carbocycles. The molecule has 23 heavy (non-hydrogen) atoms. The first-order valence-corrected chi connectivity index (χ1v) is 7.78. The number of nitrogens with zero attached hydrogens (tertiary/aromatic N) is 3. The second-order valence-corrected chi connectivity index (χ2v) is 6.12. The quantitative estimate of drug-likeness (QED) is 0.449. The van der Waals surface area contributed by atoms with Crippen LogP contribution in [0.5, 0.6) is 0 Å². The van der Waals surface area contributed by atoms with Crippen LogP contribution < -0.4 is 0 Å². The van der Waals surface area contributed by atoms with Gasteiger partial charge in [0.15, 0.2) is 5.11 Å². The molecule has 5 nitrogen and oxygen atoms in total. The Morgan fingerprint density at radius 2 is 1.83 bits per heavy atom. The van der Waals surface area contributed by atoms with Gasteiger partial charge in [0.2, 0.25) is 0 Å². The number of likely N-dealkylation sites (N-methyl/N-ethyl adjacent to an activating group) is 3. The number of thiocarbonyl (C=S) groups is 1. The maximum atomic E-state index is 12.2. The molecule has 0 aromatic heterocycles. The van der Waals surface area contributed by atoms with Crippen LogP contribution in [-0.2, 0) is 9.59 Å². The first-order valence-electron chi connectivity index (χ1n) is 7.37. The third kappa shape index (κ3) is 3.59. The minimum absolute atomic E-state index is 0.129. The topological polar surface area (TPSA) is 43.9 Å². The van der Waals surface area contributed by atoms with Crippen LogP contribution in [0.1, 0.15) is 6.42 Å². The fourth-order valence-electron chi connectivity index (χ4n) is 2.39. The third-order valence-corrected chi connectivity index (χ3v) is 4.44. The first kappa shape index (κ1) is 17.1. The monoisotopic (exact) mass is 331 g/mol. The summed E-state index contributed by atoms with van der Waals surface area (Å²) < 4.78 is 0. The lowest BCUT2D eigenvalue weighted by atomic mass is 9.98. The zero-order chi connectivity index (χ0) is 17.1. The molecule has 1 unspecified atom stereocenters. The van der Waals surface area contributed by atoms with Gasteiger partial charge in [-0.25, -0.2) is 0 Å². The summed E-state index contributed by atoms with van der Waals surface area (Å²) in [6.07, 6.45) is 12.6. The van der Waals surface area contributed by atoms with Gasteiger partial charge in [0.1, 0.15) is 5.57 Å². The number of hydrogen-bond acceptors (Lipinski definition) is 4. The molecule has 2 rings (SSSR count). The largest absolute Gasteiger partial charge is 0.378 e. The molecule has 1 saturated heterocycles. The van der Waals surface area contributed by atoms with Crippen LogP contribution in [0.25, 0.3) is 0 Å². The van der Waals surface area contributed by atoms with Crippen LogP contribution in [0.2, 0.25) is 0 Å². The second kappa shape index (κ2) is 6.91. The van der Waals surface area contributed by atoms with Crippen molar-refractivity contribution in [3.05, 3.63) is 47.7 Å². The van der Waals surface area contributed by atoms with E-state index in [1.165, 1.54) is 15.5 Å². The van der Waals surface area contributed by atoms with Gasteiger partial charge in [0, 0.05) is 33.9 Å². The minimum atomic E-state index is -0.364. The van der Waals surface area contributed by atoms with E-state index in [0.29, 0.717) is 0 Å². The Labute approximate surface area is 142 Å². The molecule has 0 spiro atoms. The van der Waals surface area contributed by atoms with E-state index in [1.807, 2.05) is 20.2 Å². The van der Waals surface area contributed by atoms with E-state index in [9.17, 15) is 9.59 Å². The number of carbonyl (C=O) groups excluding carboxylic acids is 2. The molecular formula is C17H21N3O2S. The lowest BCUT2D eigenvalue weighted by Gasteiger charge is -2.31. The predicted molar refractivity (Wildman–Crippen MR) is 94.4 cm³/mol. The van der Waals surface area contributed by atoms with Crippen LogP contribution in [-0.4, -0.2) is 59.8 Å². The van der Waals surface area contributed by atoms with Crippen molar-refractivity contribution in [3.8, 4) is 0 Å². The summed E-state index contributed by atoms with van der Waals surface area (Å²) in [6.45, 7) is 0. The van der Waals surface area contributed by atoms with Crippen LogP contribution in [0, 0.1) is 5.92 Å². The molecule has 2 aliphatic rings. The van der Waals surface area contributed by atoms with E-state index in [-0.39, 0.29) is 28.4 Å². The summed E-state index contributed by atoms with van der Waals surface area (Å²) in [5, 5.41) is 0.220. The molecule has 0 aromatic rings. The van der Waals surface area contributed by atoms with E-state index in [4.69, 9.17) is 12.2 Å². The molecule has 0 N–H and O–H groups in total. The van der Waals surface area contributed by atoms with Crippen molar-refractivity contribution in [2.45, 2.75) is 6.42 Å². The van der Waals surface area contributed by atoms with Crippen molar-refractivity contribution in [1.29, 1.82) is 0 Å². The van der Waals surface area contributed by atoms with Crippen molar-refractivity contribution in [1.82, 2.24) is 14.7 Å². The zero-order valence-electron chi connectivity index (χ0n) is 13.8. The lowest BCUT2D eigenvalue weighted by molar-refractivity contribution is -0.132. The smallest absolute Gasteiger partial charge is 0.265 e. The molecule has 0 bridgehead atoms. The summed E-state index contributed by atoms with van der Waals surface area (Å²) >= 11 is 5.05. The molecule has 0 saturated carbocycles. The number of carbonyl (C=O) groups is 2. The summed E-state index contributed by atoms with van der Waals surface area (Å²) in [5.74, 6) is -0.464. The Hall–Kier alpha value is -2.21. The molecule has 0 radical (unpaired) electrons.